The second kappa shape index (κ2) is 4.49. The Morgan fingerprint density at radius 3 is 2.74 bits per heavy atom. The summed E-state index contributed by atoms with van der Waals surface area (Å²) in [6.07, 6.45) is 1.06. The van der Waals surface area contributed by atoms with Crippen molar-refractivity contribution in [3.05, 3.63) is 45.2 Å². The predicted molar refractivity (Wildman–Crippen MR) is 78.9 cm³/mol. The zero-order valence-electron chi connectivity index (χ0n) is 11.8. The van der Waals surface area contributed by atoms with Gasteiger partial charge in [-0.2, -0.15) is 0 Å². The normalized spacial score (nSPS) is 19.2. The number of hydrogen-bond acceptors (Lipinski definition) is 2. The van der Waals surface area contributed by atoms with Crippen molar-refractivity contribution in [2.75, 3.05) is 13.1 Å². The minimum absolute atomic E-state index is 0.159. The smallest absolute Gasteiger partial charge is 0.254 e. The Balaban J connectivity index is 2.31. The minimum atomic E-state index is 0.159. The highest BCUT2D eigenvalue weighted by Crippen LogP contribution is 2.25. The lowest BCUT2D eigenvalue weighted by molar-refractivity contribution is 0.734. The average Bonchev–Trinajstić information content (AvgIpc) is 2.88. The van der Waals surface area contributed by atoms with Gasteiger partial charge in [0.05, 0.1) is 5.52 Å². The minimum Gasteiger partial charge on any atom is -0.316 e. The Labute approximate surface area is 113 Å². The summed E-state index contributed by atoms with van der Waals surface area (Å²) in [5.41, 5.74) is 4.61. The van der Waals surface area contributed by atoms with E-state index in [0.717, 1.165) is 30.6 Å². The van der Waals surface area contributed by atoms with E-state index in [1.807, 2.05) is 11.6 Å². The van der Waals surface area contributed by atoms with Crippen molar-refractivity contribution in [2.24, 2.45) is 7.05 Å². The highest BCUT2D eigenvalue weighted by atomic mass is 16.1. The molecule has 0 saturated carbocycles. The highest BCUT2D eigenvalue weighted by Gasteiger charge is 2.21. The topological polar surface area (TPSA) is 34.0 Å². The predicted octanol–water partition coefficient (Wildman–Crippen LogP) is 2.23. The summed E-state index contributed by atoms with van der Waals surface area (Å²) in [5.74, 6) is 0.365. The van der Waals surface area contributed by atoms with Gasteiger partial charge < -0.3 is 9.88 Å². The van der Waals surface area contributed by atoms with Gasteiger partial charge in [-0.1, -0.05) is 6.07 Å². The first-order chi connectivity index (χ1) is 9.08. The van der Waals surface area contributed by atoms with Gasteiger partial charge in [-0.3, -0.25) is 4.79 Å². The SMILES string of the molecule is Cc1cc(C)c2cc(C3CCNC3)c(=O)n(C)c2c1. The molecule has 3 nitrogen and oxygen atoms in total. The van der Waals surface area contributed by atoms with E-state index in [1.165, 1.54) is 16.5 Å². The number of aryl methyl sites for hydroxylation is 3. The molecular formula is C16H20N2O. The molecule has 1 aliphatic rings. The Kier molecular flexibility index (Phi) is 2.94. The first kappa shape index (κ1) is 12.4. The number of nitrogens with one attached hydrogen (secondary N) is 1. The molecule has 1 aliphatic heterocycles. The molecule has 0 amide bonds. The van der Waals surface area contributed by atoms with Crippen molar-refractivity contribution in [3.63, 3.8) is 0 Å². The molecule has 0 aliphatic carbocycles. The van der Waals surface area contributed by atoms with Crippen molar-refractivity contribution in [2.45, 2.75) is 26.2 Å². The molecular weight excluding hydrogens is 236 g/mol. The van der Waals surface area contributed by atoms with Gasteiger partial charge in [-0.05, 0) is 50.1 Å². The zero-order chi connectivity index (χ0) is 13.6. The summed E-state index contributed by atoms with van der Waals surface area (Å²) in [7, 11) is 1.88. The van der Waals surface area contributed by atoms with E-state index in [4.69, 9.17) is 0 Å². The lowest BCUT2D eigenvalue weighted by atomic mass is 9.96. The van der Waals surface area contributed by atoms with Crippen LogP contribution in [0.2, 0.25) is 0 Å². The molecule has 1 N–H and O–H groups in total. The molecule has 0 radical (unpaired) electrons. The molecule has 1 atom stereocenters. The van der Waals surface area contributed by atoms with E-state index in [0.29, 0.717) is 5.92 Å². The van der Waals surface area contributed by atoms with Crippen LogP contribution in [0, 0.1) is 13.8 Å². The molecule has 0 bridgehead atoms. The lowest BCUT2D eigenvalue weighted by Crippen LogP contribution is -2.24. The quantitative estimate of drug-likeness (QED) is 0.849. The second-order valence-corrected chi connectivity index (χ2v) is 5.67. The van der Waals surface area contributed by atoms with Crippen molar-refractivity contribution in [1.29, 1.82) is 0 Å². The average molecular weight is 256 g/mol. The Hall–Kier alpha value is -1.61. The summed E-state index contributed by atoms with van der Waals surface area (Å²) < 4.78 is 1.81. The molecule has 2 aromatic rings. The Bertz CT molecular complexity index is 694. The molecule has 1 aromatic heterocycles. The first-order valence-corrected chi connectivity index (χ1v) is 6.89. The van der Waals surface area contributed by atoms with Gasteiger partial charge in [0.15, 0.2) is 0 Å². The molecule has 0 spiro atoms. The third-order valence-corrected chi connectivity index (χ3v) is 4.22. The molecule has 1 aromatic carbocycles. The Morgan fingerprint density at radius 2 is 2.05 bits per heavy atom. The fraction of sp³-hybridized carbons (Fsp3) is 0.438. The van der Waals surface area contributed by atoms with Gasteiger partial charge >= 0.3 is 0 Å². The van der Waals surface area contributed by atoms with Gasteiger partial charge in [0.25, 0.3) is 5.56 Å². The maximum Gasteiger partial charge on any atom is 0.254 e. The Morgan fingerprint density at radius 1 is 1.26 bits per heavy atom. The summed E-state index contributed by atoms with van der Waals surface area (Å²) in [6.45, 7) is 6.13. The zero-order valence-corrected chi connectivity index (χ0v) is 11.8. The van der Waals surface area contributed by atoms with Gasteiger partial charge in [-0.25, -0.2) is 0 Å². The molecule has 1 fully saturated rings. The number of fused-ring (bicyclic) bond motifs is 1. The van der Waals surface area contributed by atoms with Gasteiger partial charge in [0.1, 0.15) is 0 Å². The molecule has 2 heterocycles. The fourth-order valence-corrected chi connectivity index (χ4v) is 3.15. The van der Waals surface area contributed by atoms with Crippen LogP contribution in [0.15, 0.2) is 23.0 Å². The standard InChI is InChI=1S/C16H20N2O/c1-10-6-11(2)13-8-14(12-4-5-17-9-12)16(19)18(3)15(13)7-10/h6-8,12,17H,4-5,9H2,1-3H3. The molecule has 1 unspecified atom stereocenters. The number of nitrogens with zero attached hydrogens (tertiary/aromatic N) is 1. The van der Waals surface area contributed by atoms with Crippen LogP contribution in [-0.2, 0) is 7.05 Å². The summed E-state index contributed by atoms with van der Waals surface area (Å²) in [4.78, 5) is 12.5. The lowest BCUT2D eigenvalue weighted by Gasteiger charge is -2.14. The van der Waals surface area contributed by atoms with Crippen LogP contribution in [0.25, 0.3) is 10.9 Å². The maximum atomic E-state index is 12.5. The van der Waals surface area contributed by atoms with E-state index in [-0.39, 0.29) is 5.56 Å². The van der Waals surface area contributed by atoms with Gasteiger partial charge in [0.2, 0.25) is 0 Å². The first-order valence-electron chi connectivity index (χ1n) is 6.89. The van der Waals surface area contributed by atoms with Crippen LogP contribution in [0.1, 0.15) is 29.0 Å². The van der Waals surface area contributed by atoms with E-state index < -0.39 is 0 Å². The van der Waals surface area contributed by atoms with Crippen LogP contribution in [-0.4, -0.2) is 17.7 Å². The van der Waals surface area contributed by atoms with Gasteiger partial charge in [0, 0.05) is 30.5 Å². The molecule has 3 rings (SSSR count). The number of rotatable bonds is 1. The number of pyridine rings is 1. The molecule has 3 heteroatoms. The van der Waals surface area contributed by atoms with E-state index in [2.05, 4.69) is 37.4 Å². The third kappa shape index (κ3) is 1.98. The summed E-state index contributed by atoms with van der Waals surface area (Å²) in [5, 5.41) is 4.54. The highest BCUT2D eigenvalue weighted by molar-refractivity contribution is 5.84. The van der Waals surface area contributed by atoms with Crippen LogP contribution in [0.5, 0.6) is 0 Å². The summed E-state index contributed by atoms with van der Waals surface area (Å²) in [6, 6.07) is 6.40. The largest absolute Gasteiger partial charge is 0.316 e. The number of aromatic nitrogens is 1. The van der Waals surface area contributed by atoms with E-state index >= 15 is 0 Å². The van der Waals surface area contributed by atoms with E-state index in [1.54, 1.807) is 0 Å². The van der Waals surface area contributed by atoms with Crippen molar-refractivity contribution >= 4 is 10.9 Å². The monoisotopic (exact) mass is 256 g/mol. The third-order valence-electron chi connectivity index (χ3n) is 4.22. The van der Waals surface area contributed by atoms with Crippen molar-refractivity contribution in [3.8, 4) is 0 Å². The van der Waals surface area contributed by atoms with Crippen LogP contribution >= 0.6 is 0 Å². The van der Waals surface area contributed by atoms with Crippen molar-refractivity contribution in [1.82, 2.24) is 9.88 Å². The van der Waals surface area contributed by atoms with Crippen LogP contribution in [0.3, 0.4) is 0 Å². The van der Waals surface area contributed by atoms with Crippen LogP contribution < -0.4 is 10.9 Å². The van der Waals surface area contributed by atoms with Gasteiger partial charge in [-0.15, -0.1) is 0 Å². The summed E-state index contributed by atoms with van der Waals surface area (Å²) >= 11 is 0. The fourth-order valence-electron chi connectivity index (χ4n) is 3.15. The van der Waals surface area contributed by atoms with Crippen LogP contribution in [0.4, 0.5) is 0 Å². The number of hydrogen-bond donors (Lipinski definition) is 1. The van der Waals surface area contributed by atoms with Crippen molar-refractivity contribution < 1.29 is 0 Å². The molecule has 100 valence electrons. The second-order valence-electron chi connectivity index (χ2n) is 5.67. The van der Waals surface area contributed by atoms with E-state index in [9.17, 15) is 4.79 Å². The number of benzene rings is 1. The molecule has 1 saturated heterocycles. The molecule has 19 heavy (non-hydrogen) atoms. The maximum absolute atomic E-state index is 12.5.